The smallest absolute Gasteiger partial charge is 0.257 e. The number of fused-ring (bicyclic) bond motifs is 1. The molecule has 0 bridgehead atoms. The lowest BCUT2D eigenvalue weighted by Gasteiger charge is -2.38. The van der Waals surface area contributed by atoms with E-state index in [0.717, 1.165) is 31.7 Å². The minimum absolute atomic E-state index is 0.0957. The van der Waals surface area contributed by atoms with Crippen molar-refractivity contribution in [2.24, 2.45) is 5.41 Å². The second kappa shape index (κ2) is 5.00. The van der Waals surface area contributed by atoms with Crippen LogP contribution in [0.4, 0.5) is 5.69 Å². The Balaban J connectivity index is 1.87. The van der Waals surface area contributed by atoms with Crippen LogP contribution in [0.1, 0.15) is 37.0 Å². The van der Waals surface area contributed by atoms with Crippen LogP contribution in [0.5, 0.6) is 5.75 Å². The predicted molar refractivity (Wildman–Crippen MR) is 79.3 cm³/mol. The zero-order valence-electron chi connectivity index (χ0n) is 12.2. The summed E-state index contributed by atoms with van der Waals surface area (Å²) in [6, 6.07) is 5.75. The number of para-hydroxylation sites is 1. The number of likely N-dealkylation sites (tertiary alicyclic amines) is 1. The second-order valence-corrected chi connectivity index (χ2v) is 6.45. The van der Waals surface area contributed by atoms with Gasteiger partial charge in [-0.25, -0.2) is 0 Å². The molecule has 2 aliphatic heterocycles. The van der Waals surface area contributed by atoms with Gasteiger partial charge >= 0.3 is 0 Å². The number of ether oxygens (including phenoxy) is 1. The Morgan fingerprint density at radius 1 is 1.40 bits per heavy atom. The van der Waals surface area contributed by atoms with E-state index in [2.05, 4.69) is 19.2 Å². The minimum atomic E-state index is 0.0957. The van der Waals surface area contributed by atoms with E-state index in [1.807, 2.05) is 23.1 Å². The lowest BCUT2D eigenvalue weighted by Crippen LogP contribution is -2.43. The molecule has 0 radical (unpaired) electrons. The van der Waals surface area contributed by atoms with Crippen molar-refractivity contribution in [3.8, 4) is 5.75 Å². The first kappa shape index (κ1) is 13.3. The Morgan fingerprint density at radius 3 is 3.05 bits per heavy atom. The van der Waals surface area contributed by atoms with Crippen LogP contribution in [0.2, 0.25) is 0 Å². The number of rotatable bonds is 1. The van der Waals surface area contributed by atoms with Crippen molar-refractivity contribution in [2.75, 3.05) is 31.6 Å². The summed E-state index contributed by atoms with van der Waals surface area (Å²) in [5.74, 6) is 0.811. The molecule has 1 amide bonds. The van der Waals surface area contributed by atoms with Crippen LogP contribution in [0, 0.1) is 5.41 Å². The Labute approximate surface area is 120 Å². The van der Waals surface area contributed by atoms with Gasteiger partial charge in [0.15, 0.2) is 5.75 Å². The van der Waals surface area contributed by atoms with E-state index < -0.39 is 0 Å². The van der Waals surface area contributed by atoms with Gasteiger partial charge in [0.2, 0.25) is 0 Å². The summed E-state index contributed by atoms with van der Waals surface area (Å²) in [6.07, 6.45) is 2.26. The number of nitrogens with one attached hydrogen (secondary N) is 1. The van der Waals surface area contributed by atoms with Gasteiger partial charge in [-0.15, -0.1) is 0 Å². The van der Waals surface area contributed by atoms with E-state index in [9.17, 15) is 4.79 Å². The molecule has 0 saturated carbocycles. The second-order valence-electron chi connectivity index (χ2n) is 6.45. The van der Waals surface area contributed by atoms with E-state index in [1.165, 1.54) is 6.42 Å². The van der Waals surface area contributed by atoms with Crippen LogP contribution < -0.4 is 10.1 Å². The molecule has 1 aromatic carbocycles. The summed E-state index contributed by atoms with van der Waals surface area (Å²) < 4.78 is 5.71. The van der Waals surface area contributed by atoms with Crippen molar-refractivity contribution in [2.45, 2.75) is 26.7 Å². The average Bonchev–Trinajstić information content (AvgIpc) is 2.45. The first-order chi connectivity index (χ1) is 9.57. The van der Waals surface area contributed by atoms with E-state index in [4.69, 9.17) is 4.74 Å². The summed E-state index contributed by atoms with van der Waals surface area (Å²) in [4.78, 5) is 14.7. The number of benzene rings is 1. The Kier molecular flexibility index (Phi) is 3.32. The molecule has 20 heavy (non-hydrogen) atoms. The van der Waals surface area contributed by atoms with Gasteiger partial charge in [0.05, 0.1) is 11.3 Å². The Hall–Kier alpha value is -1.71. The largest absolute Gasteiger partial charge is 0.489 e. The summed E-state index contributed by atoms with van der Waals surface area (Å²) in [5, 5.41) is 3.28. The van der Waals surface area contributed by atoms with Crippen LogP contribution in [0.25, 0.3) is 0 Å². The SMILES string of the molecule is CC1(C)CCCN(C(=O)c2cccc3c2OCCN3)C1. The van der Waals surface area contributed by atoms with Gasteiger partial charge in [0, 0.05) is 19.6 Å². The quantitative estimate of drug-likeness (QED) is 0.856. The van der Waals surface area contributed by atoms with Gasteiger partial charge in [-0.1, -0.05) is 19.9 Å². The number of amides is 1. The number of carbonyl (C=O) groups is 1. The van der Waals surface area contributed by atoms with E-state index in [1.54, 1.807) is 0 Å². The van der Waals surface area contributed by atoms with Crippen LogP contribution in [-0.4, -0.2) is 37.0 Å². The number of carbonyl (C=O) groups excluding carboxylic acids is 1. The van der Waals surface area contributed by atoms with Gasteiger partial charge in [0.1, 0.15) is 6.61 Å². The van der Waals surface area contributed by atoms with E-state index in [0.29, 0.717) is 17.9 Å². The highest BCUT2D eigenvalue weighted by molar-refractivity contribution is 5.99. The summed E-state index contributed by atoms with van der Waals surface area (Å²) in [5.41, 5.74) is 1.83. The molecule has 0 atom stereocenters. The first-order valence-corrected chi connectivity index (χ1v) is 7.36. The number of piperidine rings is 1. The van der Waals surface area contributed by atoms with Crippen molar-refractivity contribution in [3.63, 3.8) is 0 Å². The highest BCUT2D eigenvalue weighted by atomic mass is 16.5. The topological polar surface area (TPSA) is 41.6 Å². The van der Waals surface area contributed by atoms with Crippen molar-refractivity contribution >= 4 is 11.6 Å². The first-order valence-electron chi connectivity index (χ1n) is 7.36. The Bertz CT molecular complexity index is 525. The highest BCUT2D eigenvalue weighted by Crippen LogP contribution is 2.34. The summed E-state index contributed by atoms with van der Waals surface area (Å²) in [6.45, 7) is 7.53. The lowest BCUT2D eigenvalue weighted by atomic mass is 9.84. The van der Waals surface area contributed by atoms with Gasteiger partial charge in [-0.05, 0) is 30.4 Å². The fourth-order valence-corrected chi connectivity index (χ4v) is 3.11. The van der Waals surface area contributed by atoms with Crippen LogP contribution in [0.3, 0.4) is 0 Å². The number of anilines is 1. The summed E-state index contributed by atoms with van der Waals surface area (Å²) in [7, 11) is 0. The fraction of sp³-hybridized carbons (Fsp3) is 0.562. The third-order valence-corrected chi connectivity index (χ3v) is 4.10. The molecule has 1 N–H and O–H groups in total. The third-order valence-electron chi connectivity index (χ3n) is 4.10. The monoisotopic (exact) mass is 274 g/mol. The molecule has 0 aromatic heterocycles. The zero-order valence-corrected chi connectivity index (χ0v) is 12.2. The lowest BCUT2D eigenvalue weighted by molar-refractivity contribution is 0.0579. The molecule has 2 aliphatic rings. The van der Waals surface area contributed by atoms with Crippen LogP contribution >= 0.6 is 0 Å². The number of hydrogen-bond acceptors (Lipinski definition) is 3. The minimum Gasteiger partial charge on any atom is -0.489 e. The van der Waals surface area contributed by atoms with Crippen LogP contribution in [0.15, 0.2) is 18.2 Å². The molecule has 1 saturated heterocycles. The molecular formula is C16H22N2O2. The number of nitrogens with zero attached hydrogens (tertiary/aromatic N) is 1. The van der Waals surface area contributed by atoms with E-state index in [-0.39, 0.29) is 11.3 Å². The third kappa shape index (κ3) is 2.47. The molecule has 0 spiro atoms. The maximum absolute atomic E-state index is 12.8. The van der Waals surface area contributed by atoms with Crippen molar-refractivity contribution in [3.05, 3.63) is 23.8 Å². The molecule has 1 fully saturated rings. The number of hydrogen-bond donors (Lipinski definition) is 1. The molecular weight excluding hydrogens is 252 g/mol. The maximum Gasteiger partial charge on any atom is 0.257 e. The van der Waals surface area contributed by atoms with Gasteiger partial charge < -0.3 is 15.0 Å². The molecule has 0 unspecified atom stereocenters. The standard InChI is InChI=1S/C16H22N2O2/c1-16(2)7-4-9-18(11-16)15(19)12-5-3-6-13-14(12)20-10-8-17-13/h3,5-6,17H,4,7-11H2,1-2H3. The highest BCUT2D eigenvalue weighted by Gasteiger charge is 2.31. The van der Waals surface area contributed by atoms with Gasteiger partial charge in [-0.3, -0.25) is 4.79 Å². The molecule has 0 aliphatic carbocycles. The van der Waals surface area contributed by atoms with Crippen molar-refractivity contribution in [1.29, 1.82) is 0 Å². The van der Waals surface area contributed by atoms with Gasteiger partial charge in [0.25, 0.3) is 5.91 Å². The van der Waals surface area contributed by atoms with Crippen molar-refractivity contribution in [1.82, 2.24) is 4.90 Å². The average molecular weight is 274 g/mol. The van der Waals surface area contributed by atoms with Gasteiger partial charge in [-0.2, -0.15) is 0 Å². The Morgan fingerprint density at radius 2 is 2.25 bits per heavy atom. The zero-order chi connectivity index (χ0) is 14.2. The maximum atomic E-state index is 12.8. The predicted octanol–water partition coefficient (Wildman–Crippen LogP) is 2.75. The molecule has 2 heterocycles. The fourth-order valence-electron chi connectivity index (χ4n) is 3.11. The molecule has 4 nitrogen and oxygen atoms in total. The molecule has 1 aromatic rings. The normalized spacial score (nSPS) is 20.6. The van der Waals surface area contributed by atoms with E-state index >= 15 is 0 Å². The van der Waals surface area contributed by atoms with Crippen LogP contribution in [-0.2, 0) is 0 Å². The molecule has 3 rings (SSSR count). The molecule has 108 valence electrons. The molecule has 4 heteroatoms. The van der Waals surface area contributed by atoms with Crippen molar-refractivity contribution < 1.29 is 9.53 Å². The summed E-state index contributed by atoms with van der Waals surface area (Å²) >= 11 is 0.